The minimum Gasteiger partial charge on any atom is -0.371 e. The lowest BCUT2D eigenvalue weighted by Crippen LogP contribution is -2.21. The molecule has 0 spiro atoms. The van der Waals surface area contributed by atoms with Gasteiger partial charge in [-0.1, -0.05) is 6.92 Å². The highest BCUT2D eigenvalue weighted by Crippen LogP contribution is 2.37. The van der Waals surface area contributed by atoms with Crippen molar-refractivity contribution in [2.24, 2.45) is 0 Å². The van der Waals surface area contributed by atoms with Gasteiger partial charge in [-0.15, -0.1) is 0 Å². The van der Waals surface area contributed by atoms with E-state index in [0.29, 0.717) is 6.61 Å². The average Bonchev–Trinajstić information content (AvgIpc) is 2.81. The van der Waals surface area contributed by atoms with E-state index in [0.717, 1.165) is 13.0 Å². The molecule has 4 nitrogen and oxygen atoms in total. The minimum atomic E-state index is -1.29. The second kappa shape index (κ2) is 2.42. The first-order valence-corrected chi connectivity index (χ1v) is 3.90. The first kappa shape index (κ1) is 7.49. The molecule has 0 aromatic rings. The number of hydrogen-bond acceptors (Lipinski definition) is 4. The lowest BCUT2D eigenvalue weighted by molar-refractivity contribution is -0.195. The number of aliphatic hydroxyl groups is 1. The molecule has 2 aliphatic rings. The predicted molar refractivity (Wildman–Crippen MR) is 35.8 cm³/mol. The van der Waals surface area contributed by atoms with E-state index < -0.39 is 5.97 Å². The summed E-state index contributed by atoms with van der Waals surface area (Å²) in [7, 11) is 0. The predicted octanol–water partition coefficient (Wildman–Crippen LogP) is -0.143. The highest BCUT2D eigenvalue weighted by molar-refractivity contribution is 4.84. The Morgan fingerprint density at radius 3 is 2.91 bits per heavy atom. The van der Waals surface area contributed by atoms with Crippen molar-refractivity contribution in [3.8, 4) is 0 Å². The maximum absolute atomic E-state index is 9.37. The van der Waals surface area contributed by atoms with Crippen LogP contribution in [0.5, 0.6) is 0 Å². The lowest BCUT2D eigenvalue weighted by atomic mass is 10.3. The summed E-state index contributed by atoms with van der Waals surface area (Å²) in [6.07, 6.45) is 0.823. The molecule has 2 fully saturated rings. The van der Waals surface area contributed by atoms with E-state index >= 15 is 0 Å². The number of rotatable bonds is 4. The molecule has 2 heterocycles. The maximum Gasteiger partial charge on any atom is 0.309 e. The monoisotopic (exact) mass is 160 g/mol. The molecule has 4 heteroatoms. The van der Waals surface area contributed by atoms with Crippen molar-refractivity contribution in [2.45, 2.75) is 31.5 Å². The summed E-state index contributed by atoms with van der Waals surface area (Å²) in [4.78, 5) is 0. The normalized spacial score (nSPS) is 47.5. The molecule has 0 saturated carbocycles. The van der Waals surface area contributed by atoms with Crippen molar-refractivity contribution in [3.63, 3.8) is 0 Å². The lowest BCUT2D eigenvalue weighted by Gasteiger charge is -2.04. The Kier molecular flexibility index (Phi) is 1.64. The van der Waals surface area contributed by atoms with E-state index in [4.69, 9.17) is 14.2 Å². The first-order chi connectivity index (χ1) is 5.24. The van der Waals surface area contributed by atoms with Gasteiger partial charge in [-0.3, -0.25) is 0 Å². The molecule has 0 aliphatic carbocycles. The molecule has 0 bridgehead atoms. The molecule has 0 amide bonds. The van der Waals surface area contributed by atoms with E-state index in [1.807, 2.05) is 6.92 Å². The van der Waals surface area contributed by atoms with Crippen LogP contribution in [0.1, 0.15) is 13.3 Å². The molecular weight excluding hydrogens is 148 g/mol. The summed E-state index contributed by atoms with van der Waals surface area (Å²) >= 11 is 0. The molecule has 2 saturated heterocycles. The second-order valence-electron chi connectivity index (χ2n) is 2.91. The van der Waals surface area contributed by atoms with E-state index in [9.17, 15) is 5.11 Å². The Hall–Kier alpha value is -0.160. The van der Waals surface area contributed by atoms with Gasteiger partial charge in [-0.2, -0.15) is 0 Å². The molecular formula is C7H12O4. The number of ether oxygens (including phenoxy) is 3. The van der Waals surface area contributed by atoms with Gasteiger partial charge >= 0.3 is 5.97 Å². The summed E-state index contributed by atoms with van der Waals surface area (Å²) in [6, 6.07) is 0. The van der Waals surface area contributed by atoms with Crippen molar-refractivity contribution >= 4 is 0 Å². The fourth-order valence-electron chi connectivity index (χ4n) is 1.01. The Morgan fingerprint density at radius 1 is 1.73 bits per heavy atom. The third-order valence-electron chi connectivity index (χ3n) is 1.91. The van der Waals surface area contributed by atoms with Crippen LogP contribution >= 0.6 is 0 Å². The third-order valence-corrected chi connectivity index (χ3v) is 1.91. The Morgan fingerprint density at radius 2 is 2.45 bits per heavy atom. The van der Waals surface area contributed by atoms with Crippen LogP contribution in [0.4, 0.5) is 0 Å². The van der Waals surface area contributed by atoms with E-state index in [-0.39, 0.29) is 12.2 Å². The van der Waals surface area contributed by atoms with Crippen LogP contribution < -0.4 is 0 Å². The van der Waals surface area contributed by atoms with Gasteiger partial charge in [0.25, 0.3) is 0 Å². The fraction of sp³-hybridized carbons (Fsp3) is 1.00. The highest BCUT2D eigenvalue weighted by atomic mass is 16.9. The van der Waals surface area contributed by atoms with E-state index in [2.05, 4.69) is 0 Å². The summed E-state index contributed by atoms with van der Waals surface area (Å²) in [5, 5.41) is 9.37. The van der Waals surface area contributed by atoms with Gasteiger partial charge in [0, 0.05) is 0 Å². The number of epoxide rings is 2. The zero-order valence-electron chi connectivity index (χ0n) is 6.45. The zero-order valence-corrected chi connectivity index (χ0v) is 6.45. The third kappa shape index (κ3) is 1.54. The molecule has 0 aromatic carbocycles. The molecule has 0 aromatic heterocycles. The SMILES string of the molecule is CCC1OC1(O)OCC1CO1. The van der Waals surface area contributed by atoms with Crippen LogP contribution in [-0.2, 0) is 14.2 Å². The Labute approximate surface area is 65.1 Å². The fourth-order valence-corrected chi connectivity index (χ4v) is 1.01. The Balaban J connectivity index is 1.69. The van der Waals surface area contributed by atoms with Gasteiger partial charge in [-0.05, 0) is 6.42 Å². The summed E-state index contributed by atoms with van der Waals surface area (Å²) in [5.74, 6) is -1.29. The molecule has 64 valence electrons. The van der Waals surface area contributed by atoms with Crippen molar-refractivity contribution in [3.05, 3.63) is 0 Å². The van der Waals surface area contributed by atoms with Crippen molar-refractivity contribution < 1.29 is 19.3 Å². The molecule has 2 rings (SSSR count). The smallest absolute Gasteiger partial charge is 0.309 e. The largest absolute Gasteiger partial charge is 0.371 e. The van der Waals surface area contributed by atoms with Gasteiger partial charge in [0.15, 0.2) is 0 Å². The van der Waals surface area contributed by atoms with Crippen molar-refractivity contribution in [1.82, 2.24) is 0 Å². The van der Waals surface area contributed by atoms with Crippen molar-refractivity contribution in [1.29, 1.82) is 0 Å². The van der Waals surface area contributed by atoms with Gasteiger partial charge in [0.1, 0.15) is 12.2 Å². The topological polar surface area (TPSA) is 54.5 Å². The van der Waals surface area contributed by atoms with Gasteiger partial charge < -0.3 is 19.3 Å². The van der Waals surface area contributed by atoms with Crippen LogP contribution in [0.15, 0.2) is 0 Å². The molecule has 11 heavy (non-hydrogen) atoms. The molecule has 3 unspecified atom stereocenters. The van der Waals surface area contributed by atoms with Crippen LogP contribution in [0.25, 0.3) is 0 Å². The number of hydrogen-bond donors (Lipinski definition) is 1. The van der Waals surface area contributed by atoms with Gasteiger partial charge in [0.2, 0.25) is 0 Å². The van der Waals surface area contributed by atoms with Crippen LogP contribution in [0.3, 0.4) is 0 Å². The molecule has 2 aliphatic heterocycles. The quantitative estimate of drug-likeness (QED) is 0.459. The Bertz CT molecular complexity index is 157. The van der Waals surface area contributed by atoms with Crippen molar-refractivity contribution in [2.75, 3.05) is 13.2 Å². The molecule has 1 N–H and O–H groups in total. The minimum absolute atomic E-state index is 0.138. The van der Waals surface area contributed by atoms with E-state index in [1.54, 1.807) is 0 Å². The van der Waals surface area contributed by atoms with Crippen LogP contribution in [-0.4, -0.2) is 36.5 Å². The molecule has 3 atom stereocenters. The average molecular weight is 160 g/mol. The standard InChI is InChI=1S/C7H12O4/c1-2-6-7(8,11-6)10-4-5-3-9-5/h5-6,8H,2-4H2,1H3. The van der Waals surface area contributed by atoms with Crippen LogP contribution in [0.2, 0.25) is 0 Å². The maximum atomic E-state index is 9.37. The highest BCUT2D eigenvalue weighted by Gasteiger charge is 2.57. The summed E-state index contributed by atoms with van der Waals surface area (Å²) < 4.78 is 14.9. The summed E-state index contributed by atoms with van der Waals surface area (Å²) in [6.45, 7) is 3.12. The van der Waals surface area contributed by atoms with E-state index in [1.165, 1.54) is 0 Å². The van der Waals surface area contributed by atoms with Gasteiger partial charge in [0.05, 0.1) is 13.2 Å². The summed E-state index contributed by atoms with van der Waals surface area (Å²) in [5.41, 5.74) is 0. The second-order valence-corrected chi connectivity index (χ2v) is 2.91. The van der Waals surface area contributed by atoms with Crippen LogP contribution in [0, 0.1) is 0 Å². The van der Waals surface area contributed by atoms with Gasteiger partial charge in [-0.25, -0.2) is 0 Å². The first-order valence-electron chi connectivity index (χ1n) is 3.90. The molecule has 0 radical (unpaired) electrons. The zero-order chi connectivity index (χ0) is 7.90.